The van der Waals surface area contributed by atoms with Crippen LogP contribution in [-0.4, -0.2) is 23.5 Å². The number of nitrogens with zero attached hydrogens (tertiary/aromatic N) is 1. The van der Waals surface area contributed by atoms with Gasteiger partial charge in [-0.15, -0.1) is 0 Å². The number of nitrogens with one attached hydrogen (secondary N) is 1. The van der Waals surface area contributed by atoms with E-state index < -0.39 is 0 Å². The van der Waals surface area contributed by atoms with Gasteiger partial charge in [0.25, 0.3) is 0 Å². The highest BCUT2D eigenvalue weighted by Crippen LogP contribution is 2.38. The number of hydrogen-bond acceptors (Lipinski definition) is 4. The van der Waals surface area contributed by atoms with Crippen molar-refractivity contribution in [2.24, 2.45) is 5.84 Å². The Morgan fingerprint density at radius 1 is 1.56 bits per heavy atom. The van der Waals surface area contributed by atoms with Crippen LogP contribution in [0, 0.1) is 0 Å². The molecule has 0 bridgehead atoms. The van der Waals surface area contributed by atoms with Gasteiger partial charge in [0, 0.05) is 5.54 Å². The van der Waals surface area contributed by atoms with Crippen molar-refractivity contribution < 1.29 is 4.42 Å². The largest absolute Gasteiger partial charge is 0.466 e. The molecular formula is C13H22BrN3O. The second-order valence-electron chi connectivity index (χ2n) is 5.14. The lowest BCUT2D eigenvalue weighted by atomic mass is 9.86. The molecule has 2 atom stereocenters. The van der Waals surface area contributed by atoms with E-state index in [1.807, 2.05) is 6.07 Å². The van der Waals surface area contributed by atoms with E-state index in [1.54, 1.807) is 6.26 Å². The third-order valence-corrected chi connectivity index (χ3v) is 4.89. The predicted octanol–water partition coefficient (Wildman–Crippen LogP) is 2.81. The van der Waals surface area contributed by atoms with Crippen molar-refractivity contribution in [3.05, 3.63) is 22.6 Å². The van der Waals surface area contributed by atoms with Crippen LogP contribution in [0.2, 0.25) is 0 Å². The average molecular weight is 316 g/mol. The van der Waals surface area contributed by atoms with Gasteiger partial charge in [-0.3, -0.25) is 10.7 Å². The quantitative estimate of drug-likeness (QED) is 0.648. The molecule has 1 fully saturated rings. The summed E-state index contributed by atoms with van der Waals surface area (Å²) in [4.78, 5) is 2.52. The van der Waals surface area contributed by atoms with Crippen molar-refractivity contribution in [2.45, 2.75) is 44.7 Å². The highest BCUT2D eigenvalue weighted by molar-refractivity contribution is 9.10. The minimum Gasteiger partial charge on any atom is -0.466 e. The normalized spacial score (nSPS) is 22.0. The molecule has 1 aromatic heterocycles. The molecule has 5 heteroatoms. The highest BCUT2D eigenvalue weighted by atomic mass is 79.9. The van der Waals surface area contributed by atoms with Crippen molar-refractivity contribution in [3.63, 3.8) is 0 Å². The van der Waals surface area contributed by atoms with E-state index in [2.05, 4.69) is 40.1 Å². The number of halogens is 1. The zero-order valence-corrected chi connectivity index (χ0v) is 12.7. The van der Waals surface area contributed by atoms with Crippen molar-refractivity contribution in [1.82, 2.24) is 10.3 Å². The first kappa shape index (κ1) is 14.1. The number of rotatable bonds is 5. The first-order valence-corrected chi connectivity index (χ1v) is 7.37. The van der Waals surface area contributed by atoms with Crippen molar-refractivity contribution >= 4 is 15.9 Å². The second kappa shape index (κ2) is 5.74. The Labute approximate surface area is 117 Å². The molecule has 0 radical (unpaired) electrons. The third kappa shape index (κ3) is 2.37. The van der Waals surface area contributed by atoms with Gasteiger partial charge >= 0.3 is 0 Å². The zero-order valence-electron chi connectivity index (χ0n) is 11.1. The molecule has 1 aromatic rings. The van der Waals surface area contributed by atoms with Crippen LogP contribution in [0.25, 0.3) is 0 Å². The van der Waals surface area contributed by atoms with E-state index in [-0.39, 0.29) is 11.6 Å². The molecule has 0 aliphatic carbocycles. The summed E-state index contributed by atoms with van der Waals surface area (Å²) in [5, 5.41) is 0. The Bertz CT molecular complexity index is 389. The molecule has 0 amide bonds. The van der Waals surface area contributed by atoms with Crippen molar-refractivity contribution in [2.75, 3.05) is 13.1 Å². The molecular weight excluding hydrogens is 294 g/mol. The third-order valence-electron chi connectivity index (χ3n) is 4.24. The predicted molar refractivity (Wildman–Crippen MR) is 76.0 cm³/mol. The van der Waals surface area contributed by atoms with E-state index in [0.717, 1.165) is 29.7 Å². The van der Waals surface area contributed by atoms with Gasteiger partial charge in [-0.1, -0.05) is 6.92 Å². The van der Waals surface area contributed by atoms with Gasteiger partial charge in [0.1, 0.15) is 5.76 Å². The molecule has 4 nitrogen and oxygen atoms in total. The van der Waals surface area contributed by atoms with Gasteiger partial charge < -0.3 is 4.42 Å². The fourth-order valence-corrected chi connectivity index (χ4v) is 3.32. The Kier molecular flexibility index (Phi) is 4.48. The summed E-state index contributed by atoms with van der Waals surface area (Å²) in [6, 6.07) is 1.91. The molecule has 0 spiro atoms. The van der Waals surface area contributed by atoms with Crippen LogP contribution < -0.4 is 11.3 Å². The number of likely N-dealkylation sites (tertiary alicyclic amines) is 1. The van der Waals surface area contributed by atoms with Gasteiger partial charge in [-0.2, -0.15) is 0 Å². The minimum atomic E-state index is -0.0222. The summed E-state index contributed by atoms with van der Waals surface area (Å²) in [5.74, 6) is 6.69. The van der Waals surface area contributed by atoms with E-state index in [4.69, 9.17) is 10.3 Å². The highest BCUT2D eigenvalue weighted by Gasteiger charge is 2.42. The first-order chi connectivity index (χ1) is 8.63. The van der Waals surface area contributed by atoms with Gasteiger partial charge in [-0.25, -0.2) is 5.43 Å². The van der Waals surface area contributed by atoms with Crippen LogP contribution >= 0.6 is 15.9 Å². The van der Waals surface area contributed by atoms with E-state index in [9.17, 15) is 0 Å². The number of hydrazine groups is 1. The average Bonchev–Trinajstić information content (AvgIpc) is 3.02. The summed E-state index contributed by atoms with van der Waals surface area (Å²) < 4.78 is 6.59. The van der Waals surface area contributed by atoms with E-state index in [1.165, 1.54) is 12.8 Å². The van der Waals surface area contributed by atoms with Crippen LogP contribution in [0.3, 0.4) is 0 Å². The smallest absolute Gasteiger partial charge is 0.138 e. The molecule has 2 rings (SSSR count). The van der Waals surface area contributed by atoms with Crippen LogP contribution in [0.1, 0.15) is 44.9 Å². The maximum absolute atomic E-state index is 5.80. The Morgan fingerprint density at radius 3 is 2.67 bits per heavy atom. The molecule has 0 saturated carbocycles. The van der Waals surface area contributed by atoms with Gasteiger partial charge in [0.2, 0.25) is 0 Å². The molecule has 102 valence electrons. The Balaban J connectivity index is 2.31. The molecule has 1 aliphatic rings. The molecule has 2 unspecified atom stereocenters. The second-order valence-corrected chi connectivity index (χ2v) is 5.99. The molecule has 1 aliphatic heterocycles. The lowest BCUT2D eigenvalue weighted by molar-refractivity contribution is 0.0741. The maximum atomic E-state index is 5.80. The monoisotopic (exact) mass is 315 g/mol. The summed E-state index contributed by atoms with van der Waals surface area (Å²) in [6.45, 7) is 6.75. The summed E-state index contributed by atoms with van der Waals surface area (Å²) in [5.41, 5.74) is 2.93. The van der Waals surface area contributed by atoms with E-state index in [0.29, 0.717) is 0 Å². The summed E-state index contributed by atoms with van der Waals surface area (Å²) in [6.07, 6.45) is 5.26. The topological polar surface area (TPSA) is 54.4 Å². The van der Waals surface area contributed by atoms with E-state index >= 15 is 0 Å². The summed E-state index contributed by atoms with van der Waals surface area (Å²) in [7, 11) is 0. The fourth-order valence-electron chi connectivity index (χ4n) is 2.89. The van der Waals surface area contributed by atoms with Crippen LogP contribution in [-0.2, 0) is 0 Å². The lowest BCUT2D eigenvalue weighted by Gasteiger charge is -2.43. The van der Waals surface area contributed by atoms with Gasteiger partial charge in [-0.05, 0) is 61.3 Å². The van der Waals surface area contributed by atoms with Crippen molar-refractivity contribution in [3.8, 4) is 0 Å². The lowest BCUT2D eigenvalue weighted by Crippen LogP contribution is -2.54. The van der Waals surface area contributed by atoms with Gasteiger partial charge in [0.15, 0.2) is 0 Å². The molecule has 0 aromatic carbocycles. The molecule has 2 heterocycles. The number of nitrogens with two attached hydrogens (primary N) is 1. The Hall–Kier alpha value is -0.360. The molecule has 1 saturated heterocycles. The number of furan rings is 1. The SMILES string of the molecule is CCC(C)(C(NN)c1occc1Br)N1CCCC1. The molecule has 3 N–H and O–H groups in total. The van der Waals surface area contributed by atoms with Crippen LogP contribution in [0.5, 0.6) is 0 Å². The minimum absolute atomic E-state index is 0.00928. The fraction of sp³-hybridized carbons (Fsp3) is 0.692. The van der Waals surface area contributed by atoms with Crippen LogP contribution in [0.15, 0.2) is 21.2 Å². The zero-order chi connectivity index (χ0) is 13.2. The van der Waals surface area contributed by atoms with Crippen LogP contribution in [0.4, 0.5) is 0 Å². The standard InChI is InChI=1S/C13H22BrN3O/c1-3-13(2,17-7-4-5-8-17)12(16-15)11-10(14)6-9-18-11/h6,9,12,16H,3-5,7-8,15H2,1-2H3. The van der Waals surface area contributed by atoms with Crippen molar-refractivity contribution in [1.29, 1.82) is 0 Å². The maximum Gasteiger partial charge on any atom is 0.138 e. The van der Waals surface area contributed by atoms with Gasteiger partial charge in [0.05, 0.1) is 16.8 Å². The number of hydrogen-bond donors (Lipinski definition) is 2. The Morgan fingerprint density at radius 2 is 2.22 bits per heavy atom. The summed E-state index contributed by atoms with van der Waals surface area (Å²) >= 11 is 3.53. The first-order valence-electron chi connectivity index (χ1n) is 6.57. The molecule has 18 heavy (non-hydrogen) atoms.